The number of anilines is 2. The molecule has 0 bridgehead atoms. The Labute approximate surface area is 152 Å². The van der Waals surface area contributed by atoms with E-state index in [0.29, 0.717) is 23.0 Å². The number of hydrogen-bond donors (Lipinski definition) is 2. The Bertz CT molecular complexity index is 914. The normalized spacial score (nSPS) is 12.2. The molecule has 7 heteroatoms. The van der Waals surface area contributed by atoms with Gasteiger partial charge in [0.25, 0.3) is 0 Å². The first-order valence-electron chi connectivity index (χ1n) is 8.46. The van der Waals surface area contributed by atoms with Crippen LogP contribution < -0.4 is 20.5 Å². The highest BCUT2D eigenvalue weighted by Crippen LogP contribution is 2.32. The molecule has 1 atom stereocenters. The van der Waals surface area contributed by atoms with Crippen LogP contribution in [0.15, 0.2) is 36.7 Å². The Morgan fingerprint density at radius 2 is 1.85 bits per heavy atom. The van der Waals surface area contributed by atoms with Crippen LogP contribution in [0.3, 0.4) is 0 Å². The number of nitrogen functional groups attached to an aromatic ring is 1. The van der Waals surface area contributed by atoms with E-state index >= 15 is 0 Å². The number of ether oxygens (including phenoxy) is 2. The van der Waals surface area contributed by atoms with Crippen LogP contribution in [0.2, 0.25) is 0 Å². The minimum atomic E-state index is -0.00680. The van der Waals surface area contributed by atoms with Crippen molar-refractivity contribution in [2.45, 2.75) is 32.9 Å². The quantitative estimate of drug-likeness (QED) is 0.699. The average molecular weight is 353 g/mol. The van der Waals surface area contributed by atoms with Crippen molar-refractivity contribution < 1.29 is 9.47 Å². The van der Waals surface area contributed by atoms with E-state index < -0.39 is 0 Å². The maximum atomic E-state index is 5.77. The second-order valence-electron chi connectivity index (χ2n) is 6.27. The van der Waals surface area contributed by atoms with E-state index in [2.05, 4.69) is 27.2 Å². The summed E-state index contributed by atoms with van der Waals surface area (Å²) in [5, 5.41) is 4.22. The maximum Gasteiger partial charge on any atom is 0.166 e. The first kappa shape index (κ1) is 17.7. The van der Waals surface area contributed by atoms with Gasteiger partial charge in [0.1, 0.15) is 18.0 Å². The van der Waals surface area contributed by atoms with Crippen LogP contribution in [0, 0.1) is 0 Å². The van der Waals surface area contributed by atoms with Crippen LogP contribution in [-0.4, -0.2) is 28.2 Å². The number of pyridine rings is 1. The molecule has 0 saturated heterocycles. The first-order chi connectivity index (χ1) is 12.5. The molecule has 0 aliphatic heterocycles. The predicted octanol–water partition coefficient (Wildman–Crippen LogP) is 3.58. The molecule has 0 spiro atoms. The van der Waals surface area contributed by atoms with Gasteiger partial charge in [0.2, 0.25) is 0 Å². The number of methoxy groups -OCH3 is 1. The van der Waals surface area contributed by atoms with Gasteiger partial charge in [0.05, 0.1) is 24.6 Å². The number of aromatic nitrogens is 3. The fraction of sp³-hybridized carbons (Fsp3) is 0.316. The molecular weight excluding hydrogens is 330 g/mol. The molecule has 3 rings (SSSR count). The molecule has 1 aromatic carbocycles. The minimum absolute atomic E-state index is 0.00680. The van der Waals surface area contributed by atoms with Crippen molar-refractivity contribution in [2.24, 2.45) is 0 Å². The van der Waals surface area contributed by atoms with Gasteiger partial charge in [0, 0.05) is 0 Å². The van der Waals surface area contributed by atoms with Crippen molar-refractivity contribution in [3.8, 4) is 11.5 Å². The van der Waals surface area contributed by atoms with Crippen LogP contribution in [0.25, 0.3) is 11.0 Å². The van der Waals surface area contributed by atoms with E-state index in [-0.39, 0.29) is 12.1 Å². The van der Waals surface area contributed by atoms with E-state index in [1.54, 1.807) is 13.2 Å². The zero-order valence-electron chi connectivity index (χ0n) is 15.4. The molecule has 136 valence electrons. The van der Waals surface area contributed by atoms with Gasteiger partial charge < -0.3 is 20.5 Å². The van der Waals surface area contributed by atoms with Gasteiger partial charge >= 0.3 is 0 Å². The fourth-order valence-electron chi connectivity index (χ4n) is 2.67. The smallest absolute Gasteiger partial charge is 0.166 e. The highest BCUT2D eigenvalue weighted by atomic mass is 16.5. The minimum Gasteiger partial charge on any atom is -0.493 e. The molecule has 2 aromatic heterocycles. The molecule has 0 radical (unpaired) electrons. The third-order valence-corrected chi connectivity index (χ3v) is 3.92. The van der Waals surface area contributed by atoms with E-state index in [9.17, 15) is 0 Å². The summed E-state index contributed by atoms with van der Waals surface area (Å²) in [5.74, 6) is 2.56. The lowest BCUT2D eigenvalue weighted by Crippen LogP contribution is -2.10. The Balaban J connectivity index is 1.87. The molecular formula is C19H23N5O2. The molecule has 0 aliphatic carbocycles. The fourth-order valence-corrected chi connectivity index (χ4v) is 2.67. The second-order valence-corrected chi connectivity index (χ2v) is 6.27. The Morgan fingerprint density at radius 1 is 1.04 bits per heavy atom. The van der Waals surface area contributed by atoms with Crippen LogP contribution in [-0.2, 0) is 0 Å². The maximum absolute atomic E-state index is 5.77. The molecule has 3 aromatic rings. The van der Waals surface area contributed by atoms with Crippen molar-refractivity contribution in [3.63, 3.8) is 0 Å². The van der Waals surface area contributed by atoms with Crippen molar-refractivity contribution in [2.75, 3.05) is 18.2 Å². The molecule has 0 amide bonds. The topological polar surface area (TPSA) is 95.2 Å². The lowest BCUT2D eigenvalue weighted by atomic mass is 10.1. The van der Waals surface area contributed by atoms with Gasteiger partial charge in [-0.1, -0.05) is 6.07 Å². The standard InChI is InChI=1S/C19H23N5O2/c1-11(2)26-15-7-5-13(9-16(15)25-4)12(3)23-18-14-6-8-17(20)24-19(14)22-10-21-18/h5-12H,1-4H3,(H3,20,21,22,23,24). The number of nitrogens with two attached hydrogens (primary N) is 1. The van der Waals surface area contributed by atoms with Gasteiger partial charge in [-0.2, -0.15) is 0 Å². The average Bonchev–Trinajstić information content (AvgIpc) is 2.61. The Kier molecular flexibility index (Phi) is 5.06. The largest absolute Gasteiger partial charge is 0.493 e. The SMILES string of the molecule is COc1cc(C(C)Nc2ncnc3nc(N)ccc23)ccc1OC(C)C. The zero-order valence-corrected chi connectivity index (χ0v) is 15.4. The number of nitrogens with one attached hydrogen (secondary N) is 1. The monoisotopic (exact) mass is 353 g/mol. The van der Waals surface area contributed by atoms with E-state index in [1.165, 1.54) is 6.33 Å². The summed E-state index contributed by atoms with van der Waals surface area (Å²) < 4.78 is 11.2. The van der Waals surface area contributed by atoms with E-state index in [4.69, 9.17) is 15.2 Å². The van der Waals surface area contributed by atoms with Crippen LogP contribution in [0.4, 0.5) is 11.6 Å². The lowest BCUT2D eigenvalue weighted by Gasteiger charge is -2.19. The van der Waals surface area contributed by atoms with Gasteiger partial charge in [-0.3, -0.25) is 0 Å². The Morgan fingerprint density at radius 3 is 2.58 bits per heavy atom. The van der Waals surface area contributed by atoms with Gasteiger partial charge in [-0.25, -0.2) is 15.0 Å². The summed E-state index contributed by atoms with van der Waals surface area (Å²) in [6, 6.07) is 9.50. The first-order valence-corrected chi connectivity index (χ1v) is 8.46. The highest BCUT2D eigenvalue weighted by molar-refractivity contribution is 5.87. The van der Waals surface area contributed by atoms with Crippen molar-refractivity contribution in [1.29, 1.82) is 0 Å². The molecule has 0 aliphatic rings. The van der Waals surface area contributed by atoms with E-state index in [1.807, 2.05) is 38.1 Å². The van der Waals surface area contributed by atoms with Crippen LogP contribution in [0.5, 0.6) is 11.5 Å². The van der Waals surface area contributed by atoms with Crippen molar-refractivity contribution >= 4 is 22.7 Å². The zero-order chi connectivity index (χ0) is 18.7. The van der Waals surface area contributed by atoms with Crippen molar-refractivity contribution in [3.05, 3.63) is 42.2 Å². The molecule has 0 fully saturated rings. The third-order valence-electron chi connectivity index (χ3n) is 3.92. The van der Waals surface area contributed by atoms with Crippen molar-refractivity contribution in [1.82, 2.24) is 15.0 Å². The lowest BCUT2D eigenvalue weighted by molar-refractivity contribution is 0.230. The van der Waals surface area contributed by atoms with Crippen LogP contribution >= 0.6 is 0 Å². The van der Waals surface area contributed by atoms with E-state index in [0.717, 1.165) is 16.7 Å². The summed E-state index contributed by atoms with van der Waals surface area (Å²) >= 11 is 0. The molecule has 26 heavy (non-hydrogen) atoms. The van der Waals surface area contributed by atoms with Crippen LogP contribution in [0.1, 0.15) is 32.4 Å². The van der Waals surface area contributed by atoms with Gasteiger partial charge in [-0.15, -0.1) is 0 Å². The molecule has 1 unspecified atom stereocenters. The number of benzene rings is 1. The second kappa shape index (κ2) is 7.43. The number of rotatable bonds is 6. The molecule has 3 N–H and O–H groups in total. The third kappa shape index (κ3) is 3.77. The number of hydrogen-bond acceptors (Lipinski definition) is 7. The summed E-state index contributed by atoms with van der Waals surface area (Å²) in [6.07, 6.45) is 1.56. The highest BCUT2D eigenvalue weighted by Gasteiger charge is 2.14. The summed E-state index contributed by atoms with van der Waals surface area (Å²) in [4.78, 5) is 12.7. The molecule has 2 heterocycles. The number of fused-ring (bicyclic) bond motifs is 1. The predicted molar refractivity (Wildman–Crippen MR) is 103 cm³/mol. The molecule has 0 saturated carbocycles. The number of nitrogens with zero attached hydrogens (tertiary/aromatic N) is 3. The summed E-state index contributed by atoms with van der Waals surface area (Å²) in [6.45, 7) is 6.02. The Hall–Kier alpha value is -3.09. The van der Waals surface area contributed by atoms with Gasteiger partial charge in [0.15, 0.2) is 17.1 Å². The van der Waals surface area contributed by atoms with Gasteiger partial charge in [-0.05, 0) is 50.6 Å². The summed E-state index contributed by atoms with van der Waals surface area (Å²) in [5.41, 5.74) is 7.34. The molecule has 7 nitrogen and oxygen atoms in total. The summed E-state index contributed by atoms with van der Waals surface area (Å²) in [7, 11) is 1.64.